The number of carbonyl (C=O) groups excluding carboxylic acids is 1. The second-order valence-electron chi connectivity index (χ2n) is 5.93. The fraction of sp³-hybridized carbons (Fsp3) is 0.941. The van der Waals surface area contributed by atoms with E-state index in [0.717, 1.165) is 52.0 Å². The molecule has 1 aliphatic rings. The van der Waals surface area contributed by atoms with Crippen molar-refractivity contribution in [2.24, 2.45) is 0 Å². The lowest BCUT2D eigenvalue weighted by Gasteiger charge is -2.20. The Balaban J connectivity index is 1.87. The van der Waals surface area contributed by atoms with Gasteiger partial charge in [-0.05, 0) is 32.1 Å². The topological polar surface area (TPSA) is 29.5 Å². The molecular weight excluding hydrogens is 250 g/mol. The SMILES string of the molecule is CCCCCCCOCCCCN1CCCCCC1=O. The minimum atomic E-state index is 0.361. The van der Waals surface area contributed by atoms with Gasteiger partial charge < -0.3 is 9.64 Å². The Bertz CT molecular complexity index is 243. The van der Waals surface area contributed by atoms with Gasteiger partial charge in [0, 0.05) is 32.7 Å². The lowest BCUT2D eigenvalue weighted by molar-refractivity contribution is -0.130. The summed E-state index contributed by atoms with van der Waals surface area (Å²) in [5.41, 5.74) is 0. The van der Waals surface area contributed by atoms with Crippen molar-refractivity contribution in [1.29, 1.82) is 0 Å². The van der Waals surface area contributed by atoms with Crippen LogP contribution in [-0.2, 0) is 9.53 Å². The molecule has 0 unspecified atom stereocenters. The zero-order chi connectivity index (χ0) is 14.5. The van der Waals surface area contributed by atoms with Crippen molar-refractivity contribution in [3.8, 4) is 0 Å². The highest BCUT2D eigenvalue weighted by Crippen LogP contribution is 2.11. The van der Waals surface area contributed by atoms with E-state index in [2.05, 4.69) is 11.8 Å². The quantitative estimate of drug-likeness (QED) is 0.533. The molecule has 1 fully saturated rings. The van der Waals surface area contributed by atoms with E-state index in [1.165, 1.54) is 44.9 Å². The van der Waals surface area contributed by atoms with Crippen LogP contribution in [0, 0.1) is 0 Å². The summed E-state index contributed by atoms with van der Waals surface area (Å²) < 4.78 is 5.65. The molecule has 0 aromatic carbocycles. The van der Waals surface area contributed by atoms with Crippen LogP contribution in [0.5, 0.6) is 0 Å². The monoisotopic (exact) mass is 283 g/mol. The number of nitrogens with zero attached hydrogens (tertiary/aromatic N) is 1. The molecule has 0 radical (unpaired) electrons. The van der Waals surface area contributed by atoms with Crippen molar-refractivity contribution < 1.29 is 9.53 Å². The average molecular weight is 283 g/mol. The number of carbonyl (C=O) groups is 1. The summed E-state index contributed by atoms with van der Waals surface area (Å²) in [4.78, 5) is 13.9. The predicted molar refractivity (Wildman–Crippen MR) is 83.9 cm³/mol. The first-order valence-corrected chi connectivity index (χ1v) is 8.70. The van der Waals surface area contributed by atoms with Crippen molar-refractivity contribution in [2.75, 3.05) is 26.3 Å². The molecule has 1 rings (SSSR count). The second-order valence-corrected chi connectivity index (χ2v) is 5.93. The number of ether oxygens (including phenoxy) is 1. The second kappa shape index (κ2) is 12.2. The number of hydrogen-bond donors (Lipinski definition) is 0. The van der Waals surface area contributed by atoms with Crippen molar-refractivity contribution in [3.63, 3.8) is 0 Å². The fourth-order valence-corrected chi connectivity index (χ4v) is 2.69. The molecule has 1 aliphatic heterocycles. The maximum Gasteiger partial charge on any atom is 0.222 e. The van der Waals surface area contributed by atoms with Gasteiger partial charge in [0.2, 0.25) is 5.91 Å². The lowest BCUT2D eigenvalue weighted by atomic mass is 10.2. The zero-order valence-electron chi connectivity index (χ0n) is 13.4. The van der Waals surface area contributed by atoms with Crippen molar-refractivity contribution >= 4 is 5.91 Å². The third-order valence-electron chi connectivity index (χ3n) is 4.03. The van der Waals surface area contributed by atoms with Crippen molar-refractivity contribution in [1.82, 2.24) is 4.90 Å². The van der Waals surface area contributed by atoms with Crippen LogP contribution in [0.2, 0.25) is 0 Å². The maximum atomic E-state index is 11.8. The van der Waals surface area contributed by atoms with Gasteiger partial charge in [-0.25, -0.2) is 0 Å². The summed E-state index contributed by atoms with van der Waals surface area (Å²) in [6.07, 6.45) is 12.9. The number of amides is 1. The molecule has 1 amide bonds. The average Bonchev–Trinajstić information content (AvgIpc) is 2.66. The van der Waals surface area contributed by atoms with Crippen LogP contribution >= 0.6 is 0 Å². The van der Waals surface area contributed by atoms with Gasteiger partial charge in [0.1, 0.15) is 0 Å². The summed E-state index contributed by atoms with van der Waals surface area (Å²) in [6.45, 7) is 5.91. The van der Waals surface area contributed by atoms with Crippen LogP contribution in [0.1, 0.15) is 77.6 Å². The van der Waals surface area contributed by atoms with E-state index in [9.17, 15) is 4.79 Å². The molecule has 20 heavy (non-hydrogen) atoms. The minimum Gasteiger partial charge on any atom is -0.381 e. The van der Waals surface area contributed by atoms with Crippen molar-refractivity contribution in [2.45, 2.75) is 77.6 Å². The van der Waals surface area contributed by atoms with Crippen LogP contribution in [0.15, 0.2) is 0 Å². The van der Waals surface area contributed by atoms with Crippen molar-refractivity contribution in [3.05, 3.63) is 0 Å². The van der Waals surface area contributed by atoms with Crippen LogP contribution in [-0.4, -0.2) is 37.1 Å². The Morgan fingerprint density at radius 3 is 2.50 bits per heavy atom. The van der Waals surface area contributed by atoms with Gasteiger partial charge in [0.15, 0.2) is 0 Å². The highest BCUT2D eigenvalue weighted by atomic mass is 16.5. The third-order valence-corrected chi connectivity index (χ3v) is 4.03. The van der Waals surface area contributed by atoms with Crippen LogP contribution in [0.25, 0.3) is 0 Å². The molecule has 0 aromatic rings. The first-order chi connectivity index (χ1) is 9.84. The minimum absolute atomic E-state index is 0.361. The van der Waals surface area contributed by atoms with Gasteiger partial charge >= 0.3 is 0 Å². The summed E-state index contributed by atoms with van der Waals surface area (Å²) in [6, 6.07) is 0. The van der Waals surface area contributed by atoms with Gasteiger partial charge in [-0.3, -0.25) is 4.79 Å². The van der Waals surface area contributed by atoms with E-state index in [-0.39, 0.29) is 0 Å². The summed E-state index contributed by atoms with van der Waals surface area (Å²) >= 11 is 0. The normalized spacial score (nSPS) is 16.4. The highest BCUT2D eigenvalue weighted by molar-refractivity contribution is 5.76. The first-order valence-electron chi connectivity index (χ1n) is 8.70. The standard InChI is InChI=1S/C17H33NO2/c1-2-3-4-5-10-15-20-16-11-9-14-18-13-8-6-7-12-17(18)19/h2-16H2,1H3. The molecule has 0 aromatic heterocycles. The predicted octanol–water partition coefficient (Wildman–Crippen LogP) is 4.16. The Kier molecular flexibility index (Phi) is 10.7. The van der Waals surface area contributed by atoms with E-state index in [4.69, 9.17) is 4.74 Å². The number of rotatable bonds is 11. The van der Waals surface area contributed by atoms with E-state index < -0.39 is 0 Å². The molecule has 0 atom stereocenters. The van der Waals surface area contributed by atoms with E-state index in [1.807, 2.05) is 0 Å². The molecule has 0 N–H and O–H groups in total. The van der Waals surface area contributed by atoms with Gasteiger partial charge in [0.05, 0.1) is 0 Å². The first kappa shape index (κ1) is 17.5. The number of hydrogen-bond acceptors (Lipinski definition) is 2. The van der Waals surface area contributed by atoms with Crippen LogP contribution < -0.4 is 0 Å². The molecule has 0 bridgehead atoms. The summed E-state index contributed by atoms with van der Waals surface area (Å²) in [5.74, 6) is 0.361. The van der Waals surface area contributed by atoms with Gasteiger partial charge in [-0.1, -0.05) is 39.0 Å². The lowest BCUT2D eigenvalue weighted by Crippen LogP contribution is -2.31. The molecule has 0 spiro atoms. The molecule has 118 valence electrons. The van der Waals surface area contributed by atoms with Gasteiger partial charge in [0.25, 0.3) is 0 Å². The molecular formula is C17H33NO2. The Morgan fingerprint density at radius 2 is 1.70 bits per heavy atom. The van der Waals surface area contributed by atoms with E-state index >= 15 is 0 Å². The molecule has 0 saturated carbocycles. The number of likely N-dealkylation sites (tertiary alicyclic amines) is 1. The van der Waals surface area contributed by atoms with Crippen LogP contribution in [0.4, 0.5) is 0 Å². The fourth-order valence-electron chi connectivity index (χ4n) is 2.69. The molecule has 1 heterocycles. The highest BCUT2D eigenvalue weighted by Gasteiger charge is 2.15. The van der Waals surface area contributed by atoms with Gasteiger partial charge in [-0.15, -0.1) is 0 Å². The molecule has 1 saturated heterocycles. The Hall–Kier alpha value is -0.570. The maximum absolute atomic E-state index is 11.8. The largest absolute Gasteiger partial charge is 0.381 e. The molecule has 3 nitrogen and oxygen atoms in total. The zero-order valence-corrected chi connectivity index (χ0v) is 13.4. The molecule has 3 heteroatoms. The smallest absolute Gasteiger partial charge is 0.222 e. The van der Waals surface area contributed by atoms with E-state index in [0.29, 0.717) is 5.91 Å². The third kappa shape index (κ3) is 8.57. The molecule has 0 aliphatic carbocycles. The Morgan fingerprint density at radius 1 is 0.950 bits per heavy atom. The summed E-state index contributed by atoms with van der Waals surface area (Å²) in [5, 5.41) is 0. The number of unbranched alkanes of at least 4 members (excludes halogenated alkanes) is 5. The van der Waals surface area contributed by atoms with E-state index in [1.54, 1.807) is 0 Å². The summed E-state index contributed by atoms with van der Waals surface area (Å²) in [7, 11) is 0. The van der Waals surface area contributed by atoms with Crippen LogP contribution in [0.3, 0.4) is 0 Å². The Labute approximate surface area is 125 Å². The van der Waals surface area contributed by atoms with Gasteiger partial charge in [-0.2, -0.15) is 0 Å².